The SMILES string of the molecule is N#Cc1ccsc1NC(=O)C1Cc2cc(Cl)ccc2O1. The topological polar surface area (TPSA) is 62.1 Å². The zero-order chi connectivity index (χ0) is 14.1. The number of ether oxygens (including phenoxy) is 1. The van der Waals surface area contributed by atoms with E-state index in [4.69, 9.17) is 21.6 Å². The average molecular weight is 305 g/mol. The molecule has 1 aliphatic rings. The van der Waals surface area contributed by atoms with E-state index < -0.39 is 6.10 Å². The second-order valence-electron chi connectivity index (χ2n) is 4.33. The van der Waals surface area contributed by atoms with Crippen LogP contribution in [0.15, 0.2) is 29.6 Å². The molecule has 1 unspecified atom stereocenters. The summed E-state index contributed by atoms with van der Waals surface area (Å²) in [7, 11) is 0. The Morgan fingerprint density at radius 1 is 1.50 bits per heavy atom. The number of nitriles is 1. The summed E-state index contributed by atoms with van der Waals surface area (Å²) < 4.78 is 5.60. The number of carbonyl (C=O) groups is 1. The summed E-state index contributed by atoms with van der Waals surface area (Å²) in [6.45, 7) is 0. The van der Waals surface area contributed by atoms with Crippen LogP contribution in [0.1, 0.15) is 11.1 Å². The van der Waals surface area contributed by atoms with E-state index in [0.717, 1.165) is 5.56 Å². The zero-order valence-electron chi connectivity index (χ0n) is 10.2. The number of nitrogens with one attached hydrogen (secondary N) is 1. The monoisotopic (exact) mass is 304 g/mol. The molecule has 2 aromatic rings. The molecule has 100 valence electrons. The van der Waals surface area contributed by atoms with Crippen LogP contribution in [0.2, 0.25) is 5.02 Å². The highest BCUT2D eigenvalue weighted by Crippen LogP contribution is 2.32. The second kappa shape index (κ2) is 5.16. The normalized spacial score (nSPS) is 16.1. The maximum Gasteiger partial charge on any atom is 0.266 e. The van der Waals surface area contributed by atoms with Gasteiger partial charge in [0.1, 0.15) is 16.8 Å². The van der Waals surface area contributed by atoms with Gasteiger partial charge in [-0.1, -0.05) is 11.6 Å². The van der Waals surface area contributed by atoms with Crippen molar-refractivity contribution < 1.29 is 9.53 Å². The van der Waals surface area contributed by atoms with Crippen molar-refractivity contribution in [1.82, 2.24) is 0 Å². The van der Waals surface area contributed by atoms with Crippen LogP contribution in [0, 0.1) is 11.3 Å². The van der Waals surface area contributed by atoms with E-state index in [0.29, 0.717) is 27.8 Å². The third-order valence-electron chi connectivity index (χ3n) is 3.01. The van der Waals surface area contributed by atoms with E-state index in [2.05, 4.69) is 5.32 Å². The molecular weight excluding hydrogens is 296 g/mol. The van der Waals surface area contributed by atoms with Crippen LogP contribution in [-0.4, -0.2) is 12.0 Å². The number of amides is 1. The predicted octanol–water partition coefficient (Wildman–Crippen LogP) is 3.22. The van der Waals surface area contributed by atoms with Gasteiger partial charge in [0.2, 0.25) is 0 Å². The molecule has 0 saturated carbocycles. The first-order valence-electron chi connectivity index (χ1n) is 5.91. The lowest BCUT2D eigenvalue weighted by Crippen LogP contribution is -2.31. The van der Waals surface area contributed by atoms with Crippen LogP contribution in [0.4, 0.5) is 5.00 Å². The van der Waals surface area contributed by atoms with Gasteiger partial charge >= 0.3 is 0 Å². The summed E-state index contributed by atoms with van der Waals surface area (Å²) in [5, 5.41) is 14.6. The van der Waals surface area contributed by atoms with Crippen molar-refractivity contribution in [3.05, 3.63) is 45.8 Å². The van der Waals surface area contributed by atoms with Crippen LogP contribution < -0.4 is 10.1 Å². The first-order chi connectivity index (χ1) is 9.67. The third-order valence-corrected chi connectivity index (χ3v) is 4.08. The van der Waals surface area contributed by atoms with Gasteiger partial charge in [0.05, 0.1) is 5.56 Å². The fraction of sp³-hybridized carbons (Fsp3) is 0.143. The predicted molar refractivity (Wildman–Crippen MR) is 77.2 cm³/mol. The standard InChI is InChI=1S/C14H9ClN2O2S/c15-10-1-2-11-9(5-10)6-12(19-11)13(18)17-14-8(7-16)3-4-20-14/h1-5,12H,6H2,(H,17,18). The number of halogens is 1. The minimum absolute atomic E-state index is 0.253. The number of benzene rings is 1. The fourth-order valence-electron chi connectivity index (χ4n) is 2.05. The van der Waals surface area contributed by atoms with Gasteiger partial charge in [0.15, 0.2) is 6.10 Å². The molecule has 6 heteroatoms. The number of anilines is 1. The lowest BCUT2D eigenvalue weighted by Gasteiger charge is -2.10. The molecule has 0 radical (unpaired) electrons. The summed E-state index contributed by atoms with van der Waals surface area (Å²) in [6.07, 6.45) is -0.105. The molecule has 0 fully saturated rings. The molecule has 1 aliphatic heterocycles. The number of carbonyl (C=O) groups excluding carboxylic acids is 1. The molecule has 0 spiro atoms. The summed E-state index contributed by atoms with van der Waals surface area (Å²) in [6, 6.07) is 9.00. The molecule has 4 nitrogen and oxygen atoms in total. The van der Waals surface area contributed by atoms with Crippen molar-refractivity contribution in [3.63, 3.8) is 0 Å². The van der Waals surface area contributed by atoms with Gasteiger partial charge in [-0.05, 0) is 35.2 Å². The summed E-state index contributed by atoms with van der Waals surface area (Å²) in [5.41, 5.74) is 1.38. The number of hydrogen-bond donors (Lipinski definition) is 1. The Kier molecular flexibility index (Phi) is 3.35. The smallest absolute Gasteiger partial charge is 0.266 e. The van der Waals surface area contributed by atoms with Crippen LogP contribution in [0.5, 0.6) is 5.75 Å². The molecule has 3 rings (SSSR count). The Morgan fingerprint density at radius 3 is 3.15 bits per heavy atom. The molecule has 20 heavy (non-hydrogen) atoms. The molecule has 1 amide bonds. The van der Waals surface area contributed by atoms with E-state index >= 15 is 0 Å². The largest absolute Gasteiger partial charge is 0.480 e. The lowest BCUT2D eigenvalue weighted by atomic mass is 10.1. The molecule has 1 aromatic carbocycles. The van der Waals surface area contributed by atoms with Crippen molar-refractivity contribution in [2.24, 2.45) is 0 Å². The fourth-order valence-corrected chi connectivity index (χ4v) is 2.98. The molecule has 0 bridgehead atoms. The van der Waals surface area contributed by atoms with Crippen LogP contribution >= 0.6 is 22.9 Å². The first kappa shape index (κ1) is 13.0. The summed E-state index contributed by atoms with van der Waals surface area (Å²) in [5.74, 6) is 0.428. The van der Waals surface area contributed by atoms with Gasteiger partial charge in [-0.25, -0.2) is 0 Å². The van der Waals surface area contributed by atoms with Crippen LogP contribution in [-0.2, 0) is 11.2 Å². The van der Waals surface area contributed by atoms with Crippen LogP contribution in [0.25, 0.3) is 0 Å². The highest BCUT2D eigenvalue weighted by Gasteiger charge is 2.29. The summed E-state index contributed by atoms with van der Waals surface area (Å²) in [4.78, 5) is 12.2. The number of hydrogen-bond acceptors (Lipinski definition) is 4. The van der Waals surface area contributed by atoms with Gasteiger partial charge in [-0.2, -0.15) is 5.26 Å². The number of rotatable bonds is 2. The zero-order valence-corrected chi connectivity index (χ0v) is 11.8. The van der Waals surface area contributed by atoms with Gasteiger partial charge in [-0.15, -0.1) is 11.3 Å². The van der Waals surface area contributed by atoms with Crippen molar-refractivity contribution in [3.8, 4) is 11.8 Å². The quantitative estimate of drug-likeness (QED) is 0.926. The van der Waals surface area contributed by atoms with Crippen molar-refractivity contribution in [2.45, 2.75) is 12.5 Å². The Morgan fingerprint density at radius 2 is 2.35 bits per heavy atom. The molecule has 1 aromatic heterocycles. The highest BCUT2D eigenvalue weighted by molar-refractivity contribution is 7.14. The third kappa shape index (κ3) is 2.36. The van der Waals surface area contributed by atoms with Gasteiger partial charge < -0.3 is 10.1 Å². The number of nitrogens with zero attached hydrogens (tertiary/aromatic N) is 1. The Hall–Kier alpha value is -2.03. The second-order valence-corrected chi connectivity index (χ2v) is 5.68. The van der Waals surface area contributed by atoms with Gasteiger partial charge in [0.25, 0.3) is 5.91 Å². The van der Waals surface area contributed by atoms with Crippen molar-refractivity contribution >= 4 is 33.8 Å². The molecular formula is C14H9ClN2O2S. The minimum atomic E-state index is -0.586. The molecule has 1 atom stereocenters. The van der Waals surface area contributed by atoms with Crippen LogP contribution in [0.3, 0.4) is 0 Å². The van der Waals surface area contributed by atoms with E-state index in [1.807, 2.05) is 6.07 Å². The molecule has 1 N–H and O–H groups in total. The lowest BCUT2D eigenvalue weighted by molar-refractivity contribution is -0.122. The maximum atomic E-state index is 12.2. The van der Waals surface area contributed by atoms with E-state index in [-0.39, 0.29) is 5.91 Å². The Labute approximate surface area is 124 Å². The average Bonchev–Trinajstić information content (AvgIpc) is 3.04. The number of thiophene rings is 1. The first-order valence-corrected chi connectivity index (χ1v) is 7.16. The summed E-state index contributed by atoms with van der Waals surface area (Å²) >= 11 is 7.23. The maximum absolute atomic E-state index is 12.2. The highest BCUT2D eigenvalue weighted by atomic mass is 35.5. The number of fused-ring (bicyclic) bond motifs is 1. The molecule has 2 heterocycles. The van der Waals surface area contributed by atoms with Crippen molar-refractivity contribution in [2.75, 3.05) is 5.32 Å². The van der Waals surface area contributed by atoms with E-state index in [9.17, 15) is 4.79 Å². The minimum Gasteiger partial charge on any atom is -0.480 e. The van der Waals surface area contributed by atoms with E-state index in [1.165, 1.54) is 11.3 Å². The van der Waals surface area contributed by atoms with Crippen molar-refractivity contribution in [1.29, 1.82) is 5.26 Å². The Balaban J connectivity index is 1.73. The molecule has 0 saturated heterocycles. The molecule has 0 aliphatic carbocycles. The van der Waals surface area contributed by atoms with E-state index in [1.54, 1.807) is 29.6 Å². The van der Waals surface area contributed by atoms with Gasteiger partial charge in [-0.3, -0.25) is 4.79 Å². The van der Waals surface area contributed by atoms with Gasteiger partial charge in [0, 0.05) is 11.4 Å². The Bertz CT molecular complexity index is 720.